The third-order valence-electron chi connectivity index (χ3n) is 5.78. The minimum absolute atomic E-state index is 0.193. The van der Waals surface area contributed by atoms with Crippen molar-refractivity contribution in [1.82, 2.24) is 10.2 Å². The molecule has 1 amide bonds. The molecule has 3 heterocycles. The lowest BCUT2D eigenvalue weighted by Crippen LogP contribution is -2.59. The Labute approximate surface area is 197 Å². The van der Waals surface area contributed by atoms with Crippen LogP contribution in [0.25, 0.3) is 0 Å². The van der Waals surface area contributed by atoms with Crippen molar-refractivity contribution in [2.75, 3.05) is 58.4 Å². The quantitative estimate of drug-likeness (QED) is 0.513. The van der Waals surface area contributed by atoms with Crippen LogP contribution in [-0.2, 0) is 14.3 Å². The van der Waals surface area contributed by atoms with E-state index in [1.54, 1.807) is 18.3 Å². The summed E-state index contributed by atoms with van der Waals surface area (Å²) in [6, 6.07) is 10.3. The average Bonchev–Trinajstić information content (AvgIpc) is 3.09. The van der Waals surface area contributed by atoms with Crippen molar-refractivity contribution in [2.24, 2.45) is 4.99 Å². The number of alkyl carbamates (subject to hydrolysis) is 1. The SMILES string of the molecule is CCOC(=O)CNC(=O)OC[N+]1(C)CCN(C2=Nc3ccccc3Nc3sc(C)cc32)CC1. The summed E-state index contributed by atoms with van der Waals surface area (Å²) < 4.78 is 10.8. The first-order valence-corrected chi connectivity index (χ1v) is 11.9. The number of hydrogen-bond donors (Lipinski definition) is 2. The van der Waals surface area contributed by atoms with E-state index in [1.165, 1.54) is 4.88 Å². The summed E-state index contributed by atoms with van der Waals surface area (Å²) in [4.78, 5) is 31.9. The lowest BCUT2D eigenvalue weighted by molar-refractivity contribution is -0.928. The number of ether oxygens (including phenoxy) is 2. The van der Waals surface area contributed by atoms with E-state index in [4.69, 9.17) is 14.5 Å². The third kappa shape index (κ3) is 5.45. The van der Waals surface area contributed by atoms with Gasteiger partial charge in [-0.3, -0.25) is 9.28 Å². The summed E-state index contributed by atoms with van der Waals surface area (Å²) in [6.07, 6.45) is -0.612. The highest BCUT2D eigenvalue weighted by Crippen LogP contribution is 2.39. The van der Waals surface area contributed by atoms with Crippen molar-refractivity contribution in [1.29, 1.82) is 0 Å². The number of aliphatic imine (C=N–C) groups is 1. The number of thiophene rings is 1. The van der Waals surface area contributed by atoms with Crippen molar-refractivity contribution >= 4 is 45.6 Å². The molecule has 1 saturated heterocycles. The Bertz CT molecular complexity index is 1060. The fourth-order valence-electron chi connectivity index (χ4n) is 3.90. The van der Waals surface area contributed by atoms with Crippen LogP contribution < -0.4 is 10.6 Å². The highest BCUT2D eigenvalue weighted by atomic mass is 32.1. The molecule has 0 spiro atoms. The van der Waals surface area contributed by atoms with E-state index < -0.39 is 12.1 Å². The van der Waals surface area contributed by atoms with Crippen LogP contribution in [0.3, 0.4) is 0 Å². The van der Waals surface area contributed by atoms with Gasteiger partial charge in [-0.05, 0) is 32.0 Å². The number of carbonyl (C=O) groups excluding carboxylic acids is 2. The molecule has 0 atom stereocenters. The molecule has 1 aromatic heterocycles. The summed E-state index contributed by atoms with van der Waals surface area (Å²) in [5, 5.41) is 7.09. The van der Waals surface area contributed by atoms with Gasteiger partial charge < -0.3 is 25.0 Å². The van der Waals surface area contributed by atoms with Gasteiger partial charge in [0.05, 0.1) is 56.8 Å². The molecule has 33 heavy (non-hydrogen) atoms. The van der Waals surface area contributed by atoms with Crippen molar-refractivity contribution in [2.45, 2.75) is 13.8 Å². The molecule has 0 radical (unpaired) electrons. The van der Waals surface area contributed by atoms with Crippen molar-refractivity contribution in [3.63, 3.8) is 0 Å². The van der Waals surface area contributed by atoms with Crippen molar-refractivity contribution in [3.8, 4) is 0 Å². The molecule has 1 fully saturated rings. The Morgan fingerprint density at radius 1 is 1.24 bits per heavy atom. The minimum Gasteiger partial charge on any atom is -0.465 e. The number of benzene rings is 1. The number of amides is 1. The fraction of sp³-hybridized carbons (Fsp3) is 0.435. The molecule has 0 bridgehead atoms. The smallest absolute Gasteiger partial charge is 0.411 e. The predicted octanol–water partition coefficient (Wildman–Crippen LogP) is 3.20. The van der Waals surface area contributed by atoms with E-state index in [1.807, 2.05) is 18.2 Å². The number of anilines is 2. The molecule has 2 aliphatic rings. The second-order valence-electron chi connectivity index (χ2n) is 8.45. The number of fused-ring (bicyclic) bond motifs is 2. The highest BCUT2D eigenvalue weighted by Gasteiger charge is 2.33. The molecule has 0 saturated carbocycles. The highest BCUT2D eigenvalue weighted by molar-refractivity contribution is 7.16. The number of likely N-dealkylation sites (N-methyl/N-ethyl adjacent to an activating group) is 1. The second kappa shape index (κ2) is 9.80. The van der Waals surface area contributed by atoms with Crippen LogP contribution in [0, 0.1) is 6.92 Å². The number of rotatable bonds is 5. The van der Waals surface area contributed by atoms with E-state index >= 15 is 0 Å². The Morgan fingerprint density at radius 2 is 2.00 bits per heavy atom. The number of aryl methyl sites for hydroxylation is 1. The number of nitrogens with one attached hydrogen (secondary N) is 2. The van der Waals surface area contributed by atoms with Crippen molar-refractivity contribution in [3.05, 3.63) is 40.8 Å². The number of quaternary nitrogens is 1. The lowest BCUT2D eigenvalue weighted by atomic mass is 10.2. The normalized spacial score (nSPS) is 16.5. The molecule has 4 rings (SSSR count). The first-order chi connectivity index (χ1) is 15.9. The molecule has 0 unspecified atom stereocenters. The minimum atomic E-state index is -0.612. The first kappa shape index (κ1) is 23.1. The van der Waals surface area contributed by atoms with Gasteiger partial charge in [-0.2, -0.15) is 0 Å². The number of esters is 1. The average molecular weight is 473 g/mol. The van der Waals surface area contributed by atoms with Gasteiger partial charge in [0, 0.05) is 4.88 Å². The maximum absolute atomic E-state index is 12.0. The standard InChI is InChI=1S/C23H29N5O4S/c1-4-31-20(29)14-24-23(30)32-15-28(3)11-9-27(10-12-28)21-17-13-16(2)33-22(17)26-19-8-6-5-7-18(19)25-21/h5-8,13H,4,9-12,14-15H2,1-3H3,(H-,24,25,26,30)/p+1. The Morgan fingerprint density at radius 3 is 2.76 bits per heavy atom. The lowest BCUT2D eigenvalue weighted by Gasteiger charge is -2.42. The molecule has 2 aromatic rings. The molecular weight excluding hydrogens is 442 g/mol. The van der Waals surface area contributed by atoms with Crippen LogP contribution in [0.5, 0.6) is 0 Å². The summed E-state index contributed by atoms with van der Waals surface area (Å²) in [7, 11) is 2.07. The van der Waals surface area contributed by atoms with Crippen LogP contribution in [-0.4, -0.2) is 80.4 Å². The number of hydrogen-bond acceptors (Lipinski definition) is 8. The Hall–Kier alpha value is -3.11. The predicted molar refractivity (Wildman–Crippen MR) is 128 cm³/mol. The summed E-state index contributed by atoms with van der Waals surface area (Å²) in [5.74, 6) is 0.498. The summed E-state index contributed by atoms with van der Waals surface area (Å²) in [6.45, 7) is 7.34. The van der Waals surface area contributed by atoms with Crippen LogP contribution in [0.15, 0.2) is 35.3 Å². The number of para-hydroxylation sites is 2. The third-order valence-corrected chi connectivity index (χ3v) is 6.75. The van der Waals surface area contributed by atoms with Gasteiger partial charge in [0.2, 0.25) is 6.73 Å². The van der Waals surface area contributed by atoms with E-state index in [-0.39, 0.29) is 19.9 Å². The van der Waals surface area contributed by atoms with Crippen LogP contribution in [0.2, 0.25) is 0 Å². The number of nitrogens with zero attached hydrogens (tertiary/aromatic N) is 3. The molecule has 10 heteroatoms. The largest absolute Gasteiger partial charge is 0.465 e. The van der Waals surface area contributed by atoms with Gasteiger partial charge in [0.15, 0.2) is 0 Å². The summed E-state index contributed by atoms with van der Waals surface area (Å²) >= 11 is 1.74. The second-order valence-corrected chi connectivity index (χ2v) is 9.71. The molecule has 1 aromatic carbocycles. The van der Waals surface area contributed by atoms with E-state index in [0.29, 0.717) is 4.48 Å². The molecular formula is C23H30N5O4S+. The van der Waals surface area contributed by atoms with Gasteiger partial charge >= 0.3 is 12.1 Å². The fourth-order valence-corrected chi connectivity index (χ4v) is 4.82. The molecule has 2 N–H and O–H groups in total. The monoisotopic (exact) mass is 472 g/mol. The van der Waals surface area contributed by atoms with Gasteiger partial charge in [-0.25, -0.2) is 9.79 Å². The zero-order valence-electron chi connectivity index (χ0n) is 19.2. The van der Waals surface area contributed by atoms with Crippen LogP contribution in [0.1, 0.15) is 17.4 Å². The van der Waals surface area contributed by atoms with Gasteiger partial charge in [0.1, 0.15) is 17.4 Å². The topological polar surface area (TPSA) is 92.3 Å². The van der Waals surface area contributed by atoms with Crippen LogP contribution >= 0.6 is 11.3 Å². The van der Waals surface area contributed by atoms with Gasteiger partial charge in [-0.1, -0.05) is 12.1 Å². The van der Waals surface area contributed by atoms with Crippen LogP contribution in [0.4, 0.5) is 21.2 Å². The molecule has 176 valence electrons. The number of amidine groups is 1. The zero-order valence-corrected chi connectivity index (χ0v) is 20.0. The van der Waals surface area contributed by atoms with E-state index in [9.17, 15) is 9.59 Å². The first-order valence-electron chi connectivity index (χ1n) is 11.1. The van der Waals surface area contributed by atoms with Gasteiger partial charge in [0.25, 0.3) is 0 Å². The number of carbonyl (C=O) groups is 2. The van der Waals surface area contributed by atoms with E-state index in [0.717, 1.165) is 54.0 Å². The van der Waals surface area contributed by atoms with Gasteiger partial charge in [-0.15, -0.1) is 11.3 Å². The zero-order chi connectivity index (χ0) is 23.4. The number of piperazine rings is 1. The maximum atomic E-state index is 12.0. The molecule has 2 aliphatic heterocycles. The van der Waals surface area contributed by atoms with Crippen molar-refractivity contribution < 1.29 is 23.5 Å². The Balaban J connectivity index is 1.39. The maximum Gasteiger partial charge on any atom is 0.411 e. The molecule has 9 nitrogen and oxygen atoms in total. The summed E-state index contributed by atoms with van der Waals surface area (Å²) in [5.41, 5.74) is 3.06. The molecule has 0 aliphatic carbocycles. The Kier molecular flexibility index (Phi) is 6.85. The van der Waals surface area contributed by atoms with E-state index in [2.05, 4.69) is 41.6 Å².